The second-order valence-electron chi connectivity index (χ2n) is 8.16. The highest BCUT2D eigenvalue weighted by Gasteiger charge is 2.76. The van der Waals surface area contributed by atoms with Gasteiger partial charge in [0.2, 0.25) is 0 Å². The molecule has 30 heavy (non-hydrogen) atoms. The van der Waals surface area contributed by atoms with Gasteiger partial charge in [-0.2, -0.15) is 13.2 Å². The van der Waals surface area contributed by atoms with E-state index < -0.39 is 15.6 Å². The zero-order valence-electron chi connectivity index (χ0n) is 16.4. The largest absolute Gasteiger partial charge is 0.741 e. The number of allylic oxidation sites excluding steroid dienone is 2. The van der Waals surface area contributed by atoms with E-state index >= 15 is 0 Å². The van der Waals surface area contributed by atoms with Crippen LogP contribution in [0.2, 0.25) is 0 Å². The summed E-state index contributed by atoms with van der Waals surface area (Å²) in [4.78, 5) is 3.11. The summed E-state index contributed by atoms with van der Waals surface area (Å²) < 4.78 is 59.2. The summed E-state index contributed by atoms with van der Waals surface area (Å²) in [6.45, 7) is 5.10. The molecule has 3 nitrogen and oxygen atoms in total. The quantitative estimate of drug-likeness (QED) is 0.263. The van der Waals surface area contributed by atoms with Crippen molar-refractivity contribution in [2.24, 2.45) is 11.8 Å². The van der Waals surface area contributed by atoms with Crippen molar-refractivity contribution in [2.75, 3.05) is 0 Å². The third-order valence-electron chi connectivity index (χ3n) is 6.92. The zero-order valence-corrected chi connectivity index (χ0v) is 18.0. The standard InChI is InChI=1S/C21H21S.CHF3O3S/c1-20-15-12-13-16(14-15)21(20,2)22(17-8-4-3-5-9-17)19-11-7-6-10-18(19)20;2-1(3,4)8(5,6)7/h3-13,15-16H,14H2,1-2H3;(H,5,6,7)/q+1;/p-1/t15-,16+,20+,21+,22?;/m0./s1. The number of fused-ring (bicyclic) bond motifs is 7. The summed E-state index contributed by atoms with van der Waals surface area (Å²) >= 11 is 0. The molecule has 1 aliphatic heterocycles. The summed E-state index contributed by atoms with van der Waals surface area (Å²) in [7, 11) is -5.92. The van der Waals surface area contributed by atoms with Gasteiger partial charge in [0, 0.05) is 11.5 Å². The van der Waals surface area contributed by atoms with E-state index in [1.54, 1.807) is 10.5 Å². The van der Waals surface area contributed by atoms with Gasteiger partial charge in [-0.25, -0.2) is 8.42 Å². The molecule has 1 saturated carbocycles. The van der Waals surface area contributed by atoms with Crippen LogP contribution in [0.15, 0.2) is 76.5 Å². The van der Waals surface area contributed by atoms with E-state index in [0.717, 1.165) is 5.92 Å². The van der Waals surface area contributed by atoms with Crippen molar-refractivity contribution in [3.8, 4) is 0 Å². The Hall–Kier alpha value is -1.77. The second kappa shape index (κ2) is 6.87. The van der Waals surface area contributed by atoms with Crippen LogP contribution in [0.3, 0.4) is 0 Å². The van der Waals surface area contributed by atoms with Gasteiger partial charge in [0.05, 0.1) is 16.3 Å². The summed E-state index contributed by atoms with van der Waals surface area (Å²) in [6.07, 6.45) is 6.36. The van der Waals surface area contributed by atoms with Crippen LogP contribution < -0.4 is 0 Å². The van der Waals surface area contributed by atoms with Crippen LogP contribution in [-0.4, -0.2) is 23.2 Å². The minimum atomic E-state index is -6.09. The first-order valence-electron chi connectivity index (χ1n) is 9.52. The molecule has 160 valence electrons. The molecule has 2 aromatic rings. The zero-order chi connectivity index (χ0) is 21.9. The molecule has 8 heteroatoms. The molecule has 0 spiro atoms. The molecular weight excluding hydrogens is 433 g/mol. The molecular formula is C22H21F3O3S2. The fraction of sp³-hybridized carbons (Fsp3) is 0.364. The molecule has 5 rings (SSSR count). The van der Waals surface area contributed by atoms with Gasteiger partial charge in [-0.15, -0.1) is 0 Å². The number of hydrogen-bond donors (Lipinski definition) is 0. The lowest BCUT2D eigenvalue weighted by atomic mass is 9.66. The summed E-state index contributed by atoms with van der Waals surface area (Å²) in [5.41, 5.74) is -3.74. The van der Waals surface area contributed by atoms with Crippen molar-refractivity contribution in [1.82, 2.24) is 0 Å². The molecule has 0 aromatic heterocycles. The van der Waals surface area contributed by atoms with Crippen molar-refractivity contribution < 1.29 is 26.1 Å². The van der Waals surface area contributed by atoms with Gasteiger partial charge in [-0.3, -0.25) is 0 Å². The smallest absolute Gasteiger partial charge is 0.485 e. The predicted molar refractivity (Wildman–Crippen MR) is 109 cm³/mol. The second-order valence-corrected chi connectivity index (χ2v) is 11.9. The Labute approximate surface area is 177 Å². The highest BCUT2D eigenvalue weighted by atomic mass is 32.2. The number of alkyl halides is 3. The van der Waals surface area contributed by atoms with E-state index in [9.17, 15) is 13.2 Å². The van der Waals surface area contributed by atoms with Crippen molar-refractivity contribution in [3.63, 3.8) is 0 Å². The van der Waals surface area contributed by atoms with Gasteiger partial charge >= 0.3 is 5.51 Å². The highest BCUT2D eigenvalue weighted by molar-refractivity contribution is 7.98. The normalized spacial score (nSPS) is 33.6. The Morgan fingerprint density at radius 1 is 0.967 bits per heavy atom. The van der Waals surface area contributed by atoms with Crippen LogP contribution in [0, 0.1) is 11.8 Å². The van der Waals surface area contributed by atoms with Crippen molar-refractivity contribution in [1.29, 1.82) is 0 Å². The topological polar surface area (TPSA) is 57.2 Å². The molecule has 0 N–H and O–H groups in total. The number of halogens is 3. The molecule has 0 radical (unpaired) electrons. The van der Waals surface area contributed by atoms with Crippen molar-refractivity contribution in [3.05, 3.63) is 72.3 Å². The molecule has 5 atom stereocenters. The van der Waals surface area contributed by atoms with E-state index in [-0.39, 0.29) is 10.9 Å². The third-order valence-corrected chi connectivity index (χ3v) is 10.6. The van der Waals surface area contributed by atoms with Crippen LogP contribution in [0.4, 0.5) is 13.2 Å². The maximum absolute atomic E-state index is 10.7. The van der Waals surface area contributed by atoms with Gasteiger partial charge < -0.3 is 4.55 Å². The maximum atomic E-state index is 10.7. The van der Waals surface area contributed by atoms with Crippen LogP contribution in [-0.2, 0) is 26.4 Å². The third kappa shape index (κ3) is 2.87. The molecule has 0 saturated heterocycles. The van der Waals surface area contributed by atoms with Crippen LogP contribution in [0.1, 0.15) is 25.8 Å². The lowest BCUT2D eigenvalue weighted by molar-refractivity contribution is -0.0517. The highest BCUT2D eigenvalue weighted by Crippen LogP contribution is 2.69. The fourth-order valence-electron chi connectivity index (χ4n) is 5.35. The Balaban J connectivity index is 0.000000235. The summed E-state index contributed by atoms with van der Waals surface area (Å²) in [6, 6.07) is 20.5. The average Bonchev–Trinajstić information content (AvgIpc) is 3.30. The minimum absolute atomic E-state index is 0.173. The summed E-state index contributed by atoms with van der Waals surface area (Å²) in [5, 5.41) is 0. The van der Waals surface area contributed by atoms with Crippen molar-refractivity contribution in [2.45, 2.75) is 45.7 Å². The van der Waals surface area contributed by atoms with Gasteiger partial charge in [-0.1, -0.05) is 48.6 Å². The molecule has 3 aliphatic rings. The molecule has 0 amide bonds. The lowest BCUT2D eigenvalue weighted by Gasteiger charge is -2.39. The molecule has 2 aromatic carbocycles. The van der Waals surface area contributed by atoms with E-state index in [1.165, 1.54) is 11.3 Å². The SMILES string of the molecule is C[C@@]12c3ccccc3[S+](c3ccccc3)[C@]1(C)[C@@H]1C=C[C@H]2C1.O=S(=O)([O-])C(F)(F)F. The molecule has 1 fully saturated rings. The molecule has 2 aliphatic carbocycles. The van der Waals surface area contributed by atoms with E-state index in [4.69, 9.17) is 13.0 Å². The van der Waals surface area contributed by atoms with Gasteiger partial charge in [-0.05, 0) is 44.4 Å². The van der Waals surface area contributed by atoms with Crippen LogP contribution in [0.25, 0.3) is 0 Å². The Kier molecular flexibility index (Phi) is 4.91. The number of benzene rings is 2. The minimum Gasteiger partial charge on any atom is -0.741 e. The lowest BCUT2D eigenvalue weighted by Crippen LogP contribution is -2.50. The van der Waals surface area contributed by atoms with Crippen molar-refractivity contribution >= 4 is 21.0 Å². The number of rotatable bonds is 1. The van der Waals surface area contributed by atoms with Crippen LogP contribution >= 0.6 is 0 Å². The molecule has 1 heterocycles. The van der Waals surface area contributed by atoms with Gasteiger partial charge in [0.25, 0.3) is 0 Å². The fourth-order valence-corrected chi connectivity index (χ4v) is 8.86. The monoisotopic (exact) mass is 454 g/mol. The van der Waals surface area contributed by atoms with E-state index in [1.807, 2.05) is 0 Å². The van der Waals surface area contributed by atoms with E-state index in [0.29, 0.717) is 16.1 Å². The molecule has 2 bridgehead atoms. The van der Waals surface area contributed by atoms with E-state index in [2.05, 4.69) is 80.6 Å². The Bertz CT molecular complexity index is 1100. The van der Waals surface area contributed by atoms with Gasteiger partial charge in [0.1, 0.15) is 0 Å². The summed E-state index contributed by atoms with van der Waals surface area (Å²) in [5.74, 6) is 1.43. The Morgan fingerprint density at radius 3 is 2.10 bits per heavy atom. The first-order chi connectivity index (χ1) is 13.9. The first-order valence-corrected chi connectivity index (χ1v) is 12.1. The molecule has 1 unspecified atom stereocenters. The Morgan fingerprint density at radius 2 is 1.50 bits per heavy atom. The predicted octanol–water partition coefficient (Wildman–Crippen LogP) is 5.01. The van der Waals surface area contributed by atoms with Crippen LogP contribution in [0.5, 0.6) is 0 Å². The number of hydrogen-bond acceptors (Lipinski definition) is 3. The average molecular weight is 455 g/mol. The van der Waals surface area contributed by atoms with Gasteiger partial charge in [0.15, 0.2) is 24.7 Å². The first kappa shape index (κ1) is 21.5. The maximum Gasteiger partial charge on any atom is 0.485 e.